The van der Waals surface area contributed by atoms with E-state index in [2.05, 4.69) is 58.3 Å². The van der Waals surface area contributed by atoms with Crippen LogP contribution in [0.4, 0.5) is 0 Å². The Bertz CT molecular complexity index is 402. The lowest BCUT2D eigenvalue weighted by Crippen LogP contribution is -3.00. The van der Waals surface area contributed by atoms with Crippen molar-refractivity contribution in [2.75, 3.05) is 20.6 Å². The third-order valence-electron chi connectivity index (χ3n) is 5.50. The van der Waals surface area contributed by atoms with Crippen LogP contribution in [0.25, 0.3) is 0 Å². The summed E-state index contributed by atoms with van der Waals surface area (Å²) in [7, 11) is 4.82. The summed E-state index contributed by atoms with van der Waals surface area (Å²) in [6.45, 7) is 5.92. The van der Waals surface area contributed by atoms with Crippen molar-refractivity contribution >= 4 is 0 Å². The zero-order valence-corrected chi connectivity index (χ0v) is 18.0. The van der Waals surface area contributed by atoms with Crippen molar-refractivity contribution in [2.45, 2.75) is 90.5 Å². The van der Waals surface area contributed by atoms with Gasteiger partial charge in [-0.05, 0) is 12.8 Å². The lowest BCUT2D eigenvalue weighted by Gasteiger charge is -2.38. The van der Waals surface area contributed by atoms with Crippen LogP contribution in [-0.2, 0) is 0 Å². The minimum Gasteiger partial charge on any atom is -1.00 e. The normalized spacial score (nSPS) is 12.6. The van der Waals surface area contributed by atoms with Crippen molar-refractivity contribution in [3.05, 3.63) is 35.9 Å². The Balaban J connectivity index is 0.00000576. The monoisotopic (exact) mass is 367 g/mol. The van der Waals surface area contributed by atoms with Gasteiger partial charge in [-0.1, -0.05) is 95.5 Å². The fraction of sp³-hybridized carbons (Fsp3) is 0.739. The highest BCUT2D eigenvalue weighted by molar-refractivity contribution is 5.17. The van der Waals surface area contributed by atoms with Crippen LogP contribution >= 0.6 is 0 Å². The number of halogens is 1. The summed E-state index contributed by atoms with van der Waals surface area (Å²) in [5.41, 5.74) is 1.50. The zero-order valence-electron chi connectivity index (χ0n) is 17.3. The molecule has 0 saturated carbocycles. The van der Waals surface area contributed by atoms with E-state index in [4.69, 9.17) is 0 Å². The van der Waals surface area contributed by atoms with E-state index in [1.165, 1.54) is 82.7 Å². The molecule has 1 rings (SSSR count). The van der Waals surface area contributed by atoms with Crippen LogP contribution in [0.15, 0.2) is 30.3 Å². The maximum Gasteiger partial charge on any atom is 0.114 e. The van der Waals surface area contributed by atoms with Crippen molar-refractivity contribution in [2.24, 2.45) is 0 Å². The van der Waals surface area contributed by atoms with Crippen LogP contribution in [0.5, 0.6) is 0 Å². The van der Waals surface area contributed by atoms with Gasteiger partial charge in [0.1, 0.15) is 6.04 Å². The van der Waals surface area contributed by atoms with Gasteiger partial charge >= 0.3 is 0 Å². The average Bonchev–Trinajstić information content (AvgIpc) is 2.58. The fourth-order valence-corrected chi connectivity index (χ4v) is 3.97. The number of benzene rings is 1. The predicted octanol–water partition coefficient (Wildman–Crippen LogP) is 4.14. The third kappa shape index (κ3) is 10.3. The molecule has 25 heavy (non-hydrogen) atoms. The molecule has 0 aliphatic carbocycles. The molecular weight excluding hydrogens is 326 g/mol. The van der Waals surface area contributed by atoms with Gasteiger partial charge in [-0.15, -0.1) is 0 Å². The lowest BCUT2D eigenvalue weighted by molar-refractivity contribution is -0.921. The number of nitrogens with zero attached hydrogens (tertiary/aromatic N) is 1. The van der Waals surface area contributed by atoms with E-state index in [1.807, 2.05) is 0 Å². The molecule has 0 N–H and O–H groups in total. The number of rotatable bonds is 14. The molecule has 0 spiro atoms. The summed E-state index contributed by atoms with van der Waals surface area (Å²) < 4.78 is 1.12. The molecule has 146 valence electrons. The Hall–Kier alpha value is -0.530. The number of hydrogen-bond acceptors (Lipinski definition) is 0. The largest absolute Gasteiger partial charge is 1.00 e. The summed E-state index contributed by atoms with van der Waals surface area (Å²) in [5.74, 6) is 0. The Labute approximate surface area is 164 Å². The van der Waals surface area contributed by atoms with E-state index in [1.54, 1.807) is 0 Å². The molecule has 0 bridgehead atoms. The van der Waals surface area contributed by atoms with Gasteiger partial charge in [0.05, 0.1) is 20.6 Å². The molecule has 1 aromatic rings. The van der Waals surface area contributed by atoms with Crippen LogP contribution in [0.3, 0.4) is 0 Å². The molecule has 1 unspecified atom stereocenters. The fourth-order valence-electron chi connectivity index (χ4n) is 3.97. The van der Waals surface area contributed by atoms with Gasteiger partial charge < -0.3 is 16.9 Å². The molecule has 0 fully saturated rings. The van der Waals surface area contributed by atoms with Crippen molar-refractivity contribution in [3.8, 4) is 0 Å². The Morgan fingerprint density at radius 1 is 0.720 bits per heavy atom. The standard InChI is InChI=1S/C23H42N.ClH/c1-5-7-8-9-10-11-12-13-14-18-21-24(3,4)23(6-2)22-19-16-15-17-20-22;/h15-17,19-20,23H,5-14,18,21H2,1-4H3;1H/q+1;/p-1. The number of unbranched alkanes of at least 4 members (excludes halogenated alkanes) is 9. The molecule has 1 nitrogen and oxygen atoms in total. The van der Waals surface area contributed by atoms with Crippen molar-refractivity contribution in [1.82, 2.24) is 0 Å². The lowest BCUT2D eigenvalue weighted by atomic mass is 10.0. The van der Waals surface area contributed by atoms with Gasteiger partial charge in [-0.25, -0.2) is 0 Å². The SMILES string of the molecule is CCCCCCCCCCCC[N+](C)(C)C(CC)c1ccccc1.[Cl-]. The molecular formula is C23H42ClN. The molecule has 0 aliphatic rings. The maximum absolute atomic E-state index is 2.41. The molecule has 0 aliphatic heterocycles. The van der Waals surface area contributed by atoms with Crippen LogP contribution in [0.2, 0.25) is 0 Å². The van der Waals surface area contributed by atoms with Gasteiger partial charge in [0.2, 0.25) is 0 Å². The highest BCUT2D eigenvalue weighted by Crippen LogP contribution is 2.28. The minimum absolute atomic E-state index is 0. The topological polar surface area (TPSA) is 0 Å². The Morgan fingerprint density at radius 3 is 1.68 bits per heavy atom. The van der Waals surface area contributed by atoms with E-state index in [9.17, 15) is 0 Å². The molecule has 0 aromatic heterocycles. The highest BCUT2D eigenvalue weighted by Gasteiger charge is 2.27. The van der Waals surface area contributed by atoms with E-state index in [0.717, 1.165) is 4.48 Å². The minimum atomic E-state index is 0. The first-order valence-corrected chi connectivity index (χ1v) is 10.5. The predicted molar refractivity (Wildman–Crippen MR) is 108 cm³/mol. The van der Waals surface area contributed by atoms with Gasteiger partial charge in [0, 0.05) is 12.0 Å². The van der Waals surface area contributed by atoms with E-state index < -0.39 is 0 Å². The van der Waals surface area contributed by atoms with Crippen LogP contribution in [0.1, 0.15) is 96.1 Å². The van der Waals surface area contributed by atoms with Gasteiger partial charge in [-0.3, -0.25) is 0 Å². The zero-order chi connectivity index (χ0) is 17.7. The molecule has 2 heteroatoms. The second-order valence-electron chi connectivity index (χ2n) is 8.02. The first-order chi connectivity index (χ1) is 11.6. The van der Waals surface area contributed by atoms with Crippen LogP contribution < -0.4 is 12.4 Å². The van der Waals surface area contributed by atoms with Crippen LogP contribution in [-0.4, -0.2) is 25.1 Å². The van der Waals surface area contributed by atoms with Gasteiger partial charge in [-0.2, -0.15) is 0 Å². The van der Waals surface area contributed by atoms with Gasteiger partial charge in [0.15, 0.2) is 0 Å². The van der Waals surface area contributed by atoms with Gasteiger partial charge in [0.25, 0.3) is 0 Å². The molecule has 1 atom stereocenters. The second-order valence-corrected chi connectivity index (χ2v) is 8.02. The number of quaternary nitrogens is 1. The Kier molecular flexibility index (Phi) is 14.3. The summed E-state index contributed by atoms with van der Waals surface area (Å²) >= 11 is 0. The first-order valence-electron chi connectivity index (χ1n) is 10.5. The third-order valence-corrected chi connectivity index (χ3v) is 5.50. The van der Waals surface area contributed by atoms with Crippen molar-refractivity contribution in [3.63, 3.8) is 0 Å². The smallest absolute Gasteiger partial charge is 0.114 e. The molecule has 0 amide bonds. The Morgan fingerprint density at radius 2 is 1.20 bits per heavy atom. The quantitative estimate of drug-likeness (QED) is 0.342. The average molecular weight is 368 g/mol. The highest BCUT2D eigenvalue weighted by atomic mass is 35.5. The van der Waals surface area contributed by atoms with Crippen molar-refractivity contribution in [1.29, 1.82) is 0 Å². The molecule has 1 aromatic carbocycles. The first kappa shape index (κ1) is 24.5. The summed E-state index contributed by atoms with van der Waals surface area (Å²) in [5, 5.41) is 0. The maximum atomic E-state index is 2.41. The van der Waals surface area contributed by atoms with E-state index in [0.29, 0.717) is 6.04 Å². The number of hydrogen-bond donors (Lipinski definition) is 0. The summed E-state index contributed by atoms with van der Waals surface area (Å²) in [6.07, 6.45) is 15.4. The molecule has 0 radical (unpaired) electrons. The summed E-state index contributed by atoms with van der Waals surface area (Å²) in [6, 6.07) is 11.7. The molecule has 0 saturated heterocycles. The summed E-state index contributed by atoms with van der Waals surface area (Å²) in [4.78, 5) is 0. The molecule has 0 heterocycles. The van der Waals surface area contributed by atoms with E-state index >= 15 is 0 Å². The van der Waals surface area contributed by atoms with Crippen LogP contribution in [0, 0.1) is 0 Å². The second kappa shape index (κ2) is 14.6. The van der Waals surface area contributed by atoms with E-state index in [-0.39, 0.29) is 12.4 Å². The van der Waals surface area contributed by atoms with Crippen molar-refractivity contribution < 1.29 is 16.9 Å².